The minimum Gasteiger partial charge on any atom is -0.268 e. The van der Waals surface area contributed by atoms with Crippen molar-refractivity contribution in [2.24, 2.45) is 0 Å². The highest BCUT2D eigenvalue weighted by Gasteiger charge is 2.26. The third kappa shape index (κ3) is 3.50. The van der Waals surface area contributed by atoms with Gasteiger partial charge in [-0.2, -0.15) is 5.10 Å². The average Bonchev–Trinajstić information content (AvgIpc) is 3.15. The maximum absolute atomic E-state index is 11.5. The van der Waals surface area contributed by atoms with Gasteiger partial charge in [0.25, 0.3) is 0 Å². The lowest BCUT2D eigenvalue weighted by Crippen LogP contribution is -2.38. The molecule has 8 nitrogen and oxygen atoms in total. The summed E-state index contributed by atoms with van der Waals surface area (Å²) < 4.78 is 28.2. The number of aromatic nitrogens is 5. The molecule has 0 aromatic carbocycles. The van der Waals surface area contributed by atoms with Crippen LogP contribution in [0.4, 0.5) is 0 Å². The number of rotatable bonds is 5. The van der Waals surface area contributed by atoms with Crippen LogP contribution in [0.3, 0.4) is 0 Å². The van der Waals surface area contributed by atoms with Crippen molar-refractivity contribution in [3.05, 3.63) is 31.2 Å². The van der Waals surface area contributed by atoms with Crippen LogP contribution < -0.4 is 0 Å². The minimum atomic E-state index is -3.10. The summed E-state index contributed by atoms with van der Waals surface area (Å²) in [6.45, 7) is 5.39. The van der Waals surface area contributed by atoms with Gasteiger partial charge in [0, 0.05) is 24.8 Å². The van der Waals surface area contributed by atoms with Crippen molar-refractivity contribution in [2.75, 3.05) is 19.3 Å². The van der Waals surface area contributed by atoms with Gasteiger partial charge in [0.05, 0.1) is 31.2 Å². The predicted octanol–water partition coefficient (Wildman–Crippen LogP) is 0.924. The molecule has 0 bridgehead atoms. The highest BCUT2D eigenvalue weighted by molar-refractivity contribution is 7.88. The molecule has 1 saturated heterocycles. The van der Waals surface area contributed by atoms with Crippen LogP contribution in [0.5, 0.6) is 0 Å². The monoisotopic (exact) mass is 336 g/mol. The molecule has 0 unspecified atom stereocenters. The predicted molar refractivity (Wildman–Crippen MR) is 86.1 cm³/mol. The Balaban J connectivity index is 1.69. The molecule has 2 aromatic heterocycles. The van der Waals surface area contributed by atoms with E-state index in [1.807, 2.05) is 17.1 Å². The second kappa shape index (κ2) is 6.25. The zero-order valence-corrected chi connectivity index (χ0v) is 13.9. The van der Waals surface area contributed by atoms with E-state index in [4.69, 9.17) is 0 Å². The molecule has 0 spiro atoms. The first-order valence-electron chi connectivity index (χ1n) is 7.48. The SMILES string of the molecule is C=CCn1cc(-c2cn(C3CCN(S(C)(=O)=O)CC3)nn2)cn1. The summed E-state index contributed by atoms with van der Waals surface area (Å²) in [6, 6.07) is 0.178. The summed E-state index contributed by atoms with van der Waals surface area (Å²) in [6.07, 6.45) is 10.1. The summed E-state index contributed by atoms with van der Waals surface area (Å²) in [4.78, 5) is 0. The third-order valence-electron chi connectivity index (χ3n) is 4.02. The number of hydrogen-bond donors (Lipinski definition) is 0. The third-order valence-corrected chi connectivity index (χ3v) is 5.33. The Morgan fingerprint density at radius 1 is 1.35 bits per heavy atom. The quantitative estimate of drug-likeness (QED) is 0.758. The van der Waals surface area contributed by atoms with Gasteiger partial charge in [0.1, 0.15) is 5.69 Å². The standard InChI is InChI=1S/C14H20N6O2S/c1-3-6-18-10-12(9-15-18)14-11-20(17-16-14)13-4-7-19(8-5-13)23(2,21)22/h3,9-11,13H,1,4-8H2,2H3. The molecular weight excluding hydrogens is 316 g/mol. The van der Waals surface area contributed by atoms with Gasteiger partial charge in [-0.15, -0.1) is 11.7 Å². The van der Waals surface area contributed by atoms with E-state index in [9.17, 15) is 8.42 Å². The normalized spacial score (nSPS) is 17.4. The molecule has 0 saturated carbocycles. The molecule has 9 heteroatoms. The number of sulfonamides is 1. The van der Waals surface area contributed by atoms with Crippen LogP contribution in [0, 0.1) is 0 Å². The molecule has 0 amide bonds. The van der Waals surface area contributed by atoms with Crippen molar-refractivity contribution in [1.29, 1.82) is 0 Å². The summed E-state index contributed by atoms with van der Waals surface area (Å²) in [5.74, 6) is 0. The van der Waals surface area contributed by atoms with E-state index in [-0.39, 0.29) is 6.04 Å². The largest absolute Gasteiger partial charge is 0.268 e. The van der Waals surface area contributed by atoms with E-state index < -0.39 is 10.0 Å². The molecular formula is C14H20N6O2S. The second-order valence-corrected chi connectivity index (χ2v) is 7.70. The lowest BCUT2D eigenvalue weighted by atomic mass is 10.1. The molecule has 0 N–H and O–H groups in total. The molecule has 124 valence electrons. The molecule has 1 aliphatic heterocycles. The zero-order valence-electron chi connectivity index (χ0n) is 13.0. The molecule has 2 aromatic rings. The van der Waals surface area contributed by atoms with Gasteiger partial charge < -0.3 is 0 Å². The van der Waals surface area contributed by atoms with Crippen molar-refractivity contribution >= 4 is 10.0 Å². The van der Waals surface area contributed by atoms with Crippen molar-refractivity contribution in [1.82, 2.24) is 29.1 Å². The van der Waals surface area contributed by atoms with Crippen LogP contribution in [0.25, 0.3) is 11.3 Å². The lowest BCUT2D eigenvalue weighted by molar-refractivity contribution is 0.259. The van der Waals surface area contributed by atoms with E-state index in [1.54, 1.807) is 17.0 Å². The first kappa shape index (κ1) is 15.9. The van der Waals surface area contributed by atoms with Gasteiger partial charge in [0.15, 0.2) is 0 Å². The smallest absolute Gasteiger partial charge is 0.211 e. The van der Waals surface area contributed by atoms with Gasteiger partial charge in [-0.3, -0.25) is 4.68 Å². The van der Waals surface area contributed by atoms with E-state index in [1.165, 1.54) is 10.6 Å². The number of allylic oxidation sites excluding steroid dienone is 1. The molecule has 1 fully saturated rings. The van der Waals surface area contributed by atoms with E-state index in [0.717, 1.165) is 24.1 Å². The number of piperidine rings is 1. The van der Waals surface area contributed by atoms with Gasteiger partial charge >= 0.3 is 0 Å². The number of nitrogens with zero attached hydrogens (tertiary/aromatic N) is 6. The fraction of sp³-hybridized carbons (Fsp3) is 0.500. The molecule has 0 atom stereocenters. The van der Waals surface area contributed by atoms with Crippen molar-refractivity contribution in [2.45, 2.75) is 25.4 Å². The highest BCUT2D eigenvalue weighted by Crippen LogP contribution is 2.25. The fourth-order valence-corrected chi connectivity index (χ4v) is 3.63. The Labute approximate surface area is 135 Å². The van der Waals surface area contributed by atoms with Gasteiger partial charge in [0.2, 0.25) is 10.0 Å². The van der Waals surface area contributed by atoms with Crippen LogP contribution in [-0.2, 0) is 16.6 Å². The lowest BCUT2D eigenvalue weighted by Gasteiger charge is -2.29. The fourth-order valence-electron chi connectivity index (χ4n) is 2.75. The summed E-state index contributed by atoms with van der Waals surface area (Å²) in [5, 5.41) is 12.6. The molecule has 23 heavy (non-hydrogen) atoms. The van der Waals surface area contributed by atoms with Crippen LogP contribution in [0.2, 0.25) is 0 Å². The molecule has 3 heterocycles. The van der Waals surface area contributed by atoms with Crippen LogP contribution >= 0.6 is 0 Å². The van der Waals surface area contributed by atoms with Gasteiger partial charge in [-0.05, 0) is 12.8 Å². The molecule has 1 aliphatic rings. The van der Waals surface area contributed by atoms with Crippen LogP contribution in [0.15, 0.2) is 31.2 Å². The van der Waals surface area contributed by atoms with Crippen molar-refractivity contribution in [3.8, 4) is 11.3 Å². The van der Waals surface area contributed by atoms with Gasteiger partial charge in [-0.1, -0.05) is 11.3 Å². The van der Waals surface area contributed by atoms with E-state index >= 15 is 0 Å². The summed E-state index contributed by atoms with van der Waals surface area (Å²) >= 11 is 0. The zero-order chi connectivity index (χ0) is 16.4. The van der Waals surface area contributed by atoms with Gasteiger partial charge in [-0.25, -0.2) is 17.4 Å². The van der Waals surface area contributed by atoms with Crippen LogP contribution in [-0.4, -0.2) is 56.8 Å². The molecule has 3 rings (SSSR count). The Morgan fingerprint density at radius 3 is 2.74 bits per heavy atom. The Hall–Kier alpha value is -2.00. The van der Waals surface area contributed by atoms with Crippen molar-refractivity contribution in [3.63, 3.8) is 0 Å². The van der Waals surface area contributed by atoms with Crippen LogP contribution in [0.1, 0.15) is 18.9 Å². The first-order valence-corrected chi connectivity index (χ1v) is 9.33. The highest BCUT2D eigenvalue weighted by atomic mass is 32.2. The minimum absolute atomic E-state index is 0.178. The maximum Gasteiger partial charge on any atom is 0.211 e. The number of hydrogen-bond acceptors (Lipinski definition) is 5. The van der Waals surface area contributed by atoms with E-state index in [0.29, 0.717) is 19.6 Å². The molecule has 0 radical (unpaired) electrons. The Kier molecular flexibility index (Phi) is 4.31. The second-order valence-electron chi connectivity index (χ2n) is 5.72. The first-order chi connectivity index (χ1) is 11.0. The topological polar surface area (TPSA) is 85.9 Å². The summed E-state index contributed by atoms with van der Waals surface area (Å²) in [5.41, 5.74) is 1.68. The van der Waals surface area contributed by atoms with Crippen molar-refractivity contribution < 1.29 is 8.42 Å². The van der Waals surface area contributed by atoms with E-state index in [2.05, 4.69) is 22.0 Å². The Bertz CT molecular complexity index is 786. The summed E-state index contributed by atoms with van der Waals surface area (Å²) in [7, 11) is -3.10. The average molecular weight is 336 g/mol. The maximum atomic E-state index is 11.5. The molecule has 0 aliphatic carbocycles. The Morgan fingerprint density at radius 2 is 2.09 bits per heavy atom.